The minimum atomic E-state index is -0.276. The van der Waals surface area contributed by atoms with Crippen LogP contribution in [0, 0.1) is 0 Å². The van der Waals surface area contributed by atoms with E-state index in [4.69, 9.17) is 4.42 Å². The predicted molar refractivity (Wildman–Crippen MR) is 82.2 cm³/mol. The molecular formula is C17H16N2O3. The van der Waals surface area contributed by atoms with Crippen LogP contribution in [0.15, 0.2) is 34.9 Å². The highest BCUT2D eigenvalue weighted by molar-refractivity contribution is 6.07. The van der Waals surface area contributed by atoms with Gasteiger partial charge in [-0.3, -0.25) is 9.59 Å². The summed E-state index contributed by atoms with van der Waals surface area (Å²) in [5, 5.41) is 2.86. The molecule has 2 aromatic rings. The fourth-order valence-electron chi connectivity index (χ4n) is 3.37. The van der Waals surface area contributed by atoms with E-state index in [1.165, 1.54) is 6.26 Å². The first-order valence-corrected chi connectivity index (χ1v) is 7.48. The second kappa shape index (κ2) is 4.73. The van der Waals surface area contributed by atoms with Gasteiger partial charge in [0.2, 0.25) is 5.91 Å². The number of benzene rings is 1. The molecule has 0 fully saturated rings. The minimum Gasteiger partial charge on any atom is -0.459 e. The molecule has 1 aromatic heterocycles. The van der Waals surface area contributed by atoms with E-state index in [-0.39, 0.29) is 23.5 Å². The first-order valence-electron chi connectivity index (χ1n) is 7.48. The van der Waals surface area contributed by atoms with Crippen LogP contribution in [0.1, 0.15) is 40.9 Å². The molecule has 2 amide bonds. The molecule has 0 bridgehead atoms. The van der Waals surface area contributed by atoms with Crippen LogP contribution in [-0.4, -0.2) is 18.4 Å². The molecule has 4 rings (SSSR count). The largest absolute Gasteiger partial charge is 0.459 e. The van der Waals surface area contributed by atoms with Crippen LogP contribution in [0.4, 0.5) is 11.4 Å². The number of hydrogen-bond donors (Lipinski definition) is 1. The molecule has 112 valence electrons. The Bertz CT molecular complexity index is 764. The summed E-state index contributed by atoms with van der Waals surface area (Å²) in [6.07, 6.45) is 3.36. The van der Waals surface area contributed by atoms with Crippen LogP contribution >= 0.6 is 0 Å². The fraction of sp³-hybridized carbons (Fsp3) is 0.294. The first kappa shape index (κ1) is 13.1. The lowest BCUT2D eigenvalue weighted by Crippen LogP contribution is -2.32. The third kappa shape index (κ3) is 1.85. The number of rotatable bonds is 2. The summed E-state index contributed by atoms with van der Waals surface area (Å²) in [6, 6.07) is 7.19. The summed E-state index contributed by atoms with van der Waals surface area (Å²) in [7, 11) is 0. The molecule has 1 N–H and O–H groups in total. The van der Waals surface area contributed by atoms with Gasteiger partial charge in [-0.2, -0.15) is 0 Å². The quantitative estimate of drug-likeness (QED) is 0.926. The van der Waals surface area contributed by atoms with E-state index in [2.05, 4.69) is 5.32 Å². The number of anilines is 2. The Hall–Kier alpha value is -2.56. The van der Waals surface area contributed by atoms with E-state index in [1.54, 1.807) is 12.1 Å². The number of aryl methyl sites for hydroxylation is 1. The molecule has 2 aliphatic heterocycles. The third-order valence-electron chi connectivity index (χ3n) is 4.42. The molecule has 0 spiro atoms. The highest BCUT2D eigenvalue weighted by atomic mass is 16.3. The second-order valence-electron chi connectivity index (χ2n) is 5.82. The van der Waals surface area contributed by atoms with Crippen molar-refractivity contribution in [3.8, 4) is 0 Å². The monoisotopic (exact) mass is 296 g/mol. The molecule has 5 nitrogen and oxygen atoms in total. The average molecular weight is 296 g/mol. The zero-order chi connectivity index (χ0) is 15.3. The Morgan fingerprint density at radius 3 is 3.05 bits per heavy atom. The van der Waals surface area contributed by atoms with Crippen molar-refractivity contribution in [1.29, 1.82) is 0 Å². The number of furan rings is 1. The maximum atomic E-state index is 12.3. The van der Waals surface area contributed by atoms with Crippen molar-refractivity contribution >= 4 is 23.2 Å². The fourth-order valence-corrected chi connectivity index (χ4v) is 3.37. The molecule has 3 heterocycles. The topological polar surface area (TPSA) is 62.6 Å². The lowest BCUT2D eigenvalue weighted by molar-refractivity contribution is -0.119. The Labute approximate surface area is 127 Å². The summed E-state index contributed by atoms with van der Waals surface area (Å²) in [5.74, 6) is 0.0134. The van der Waals surface area contributed by atoms with E-state index >= 15 is 0 Å². The summed E-state index contributed by atoms with van der Waals surface area (Å²) >= 11 is 0. The molecule has 2 aliphatic rings. The van der Waals surface area contributed by atoms with Crippen LogP contribution in [-0.2, 0) is 11.2 Å². The molecule has 0 radical (unpaired) electrons. The van der Waals surface area contributed by atoms with Crippen molar-refractivity contribution in [3.05, 3.63) is 47.4 Å². The SMILES string of the molecule is C[C@H]1C(=O)N2CCCc3cc(NC(=O)c4ccco4)cc1c32. The van der Waals surface area contributed by atoms with E-state index in [9.17, 15) is 9.59 Å². The molecule has 5 heteroatoms. The van der Waals surface area contributed by atoms with Crippen LogP contribution in [0.5, 0.6) is 0 Å². The van der Waals surface area contributed by atoms with Crippen molar-refractivity contribution in [2.75, 3.05) is 16.8 Å². The standard InChI is InChI=1S/C17H16N2O3/c1-10-13-9-12(18-16(20)14-5-3-7-22-14)8-11-4-2-6-19(15(11)13)17(10)21/h3,5,7-10H,2,4,6H2,1H3,(H,18,20)/t10-/m1/s1. The minimum absolute atomic E-state index is 0.146. The molecule has 0 saturated heterocycles. The van der Waals surface area contributed by atoms with Gasteiger partial charge >= 0.3 is 0 Å². The van der Waals surface area contributed by atoms with E-state index in [0.717, 1.165) is 41.9 Å². The third-order valence-corrected chi connectivity index (χ3v) is 4.42. The molecule has 22 heavy (non-hydrogen) atoms. The molecular weight excluding hydrogens is 280 g/mol. The second-order valence-corrected chi connectivity index (χ2v) is 5.82. The van der Waals surface area contributed by atoms with E-state index in [1.807, 2.05) is 24.0 Å². The van der Waals surface area contributed by atoms with Crippen LogP contribution < -0.4 is 10.2 Å². The number of carbonyl (C=O) groups is 2. The lowest BCUT2D eigenvalue weighted by atomic mass is 9.96. The molecule has 0 saturated carbocycles. The maximum absolute atomic E-state index is 12.3. The normalized spacial score (nSPS) is 19.2. The summed E-state index contributed by atoms with van der Waals surface area (Å²) in [6.45, 7) is 2.72. The lowest BCUT2D eigenvalue weighted by Gasteiger charge is -2.26. The van der Waals surface area contributed by atoms with Gasteiger partial charge in [-0.25, -0.2) is 0 Å². The van der Waals surface area contributed by atoms with E-state index < -0.39 is 0 Å². The Morgan fingerprint density at radius 1 is 1.41 bits per heavy atom. The molecule has 1 atom stereocenters. The van der Waals surface area contributed by atoms with Gasteiger partial charge in [0.25, 0.3) is 5.91 Å². The van der Waals surface area contributed by atoms with Gasteiger partial charge in [0, 0.05) is 12.2 Å². The van der Waals surface area contributed by atoms with Gasteiger partial charge in [0.05, 0.1) is 17.9 Å². The van der Waals surface area contributed by atoms with Crippen molar-refractivity contribution in [2.24, 2.45) is 0 Å². The van der Waals surface area contributed by atoms with Crippen molar-refractivity contribution in [3.63, 3.8) is 0 Å². The zero-order valence-electron chi connectivity index (χ0n) is 12.3. The number of nitrogens with one attached hydrogen (secondary N) is 1. The number of hydrogen-bond acceptors (Lipinski definition) is 3. The highest BCUT2D eigenvalue weighted by Crippen LogP contribution is 2.44. The Balaban J connectivity index is 1.72. The van der Waals surface area contributed by atoms with E-state index in [0.29, 0.717) is 0 Å². The van der Waals surface area contributed by atoms with Crippen molar-refractivity contribution < 1.29 is 14.0 Å². The summed E-state index contributed by atoms with van der Waals surface area (Å²) < 4.78 is 5.11. The number of carbonyl (C=O) groups excluding carboxylic acids is 2. The molecule has 1 aromatic carbocycles. The van der Waals surface area contributed by atoms with Gasteiger partial charge in [-0.05, 0) is 55.2 Å². The summed E-state index contributed by atoms with van der Waals surface area (Å²) in [5.41, 5.74) is 3.92. The van der Waals surface area contributed by atoms with Crippen molar-refractivity contribution in [1.82, 2.24) is 0 Å². The number of amides is 2. The van der Waals surface area contributed by atoms with Gasteiger partial charge in [-0.15, -0.1) is 0 Å². The predicted octanol–water partition coefficient (Wildman–Crippen LogP) is 2.93. The van der Waals surface area contributed by atoms with Gasteiger partial charge in [0.1, 0.15) is 0 Å². The summed E-state index contributed by atoms with van der Waals surface area (Å²) in [4.78, 5) is 26.3. The highest BCUT2D eigenvalue weighted by Gasteiger charge is 2.37. The Morgan fingerprint density at radius 2 is 2.27 bits per heavy atom. The van der Waals surface area contributed by atoms with Crippen molar-refractivity contribution in [2.45, 2.75) is 25.7 Å². The smallest absolute Gasteiger partial charge is 0.291 e. The van der Waals surface area contributed by atoms with Gasteiger partial charge in [0.15, 0.2) is 5.76 Å². The molecule has 0 unspecified atom stereocenters. The molecule has 0 aliphatic carbocycles. The number of nitrogens with zero attached hydrogens (tertiary/aromatic N) is 1. The van der Waals surface area contributed by atoms with Gasteiger partial charge in [-0.1, -0.05) is 0 Å². The van der Waals surface area contributed by atoms with Crippen LogP contribution in [0.25, 0.3) is 0 Å². The maximum Gasteiger partial charge on any atom is 0.291 e. The van der Waals surface area contributed by atoms with Gasteiger partial charge < -0.3 is 14.6 Å². The Kier molecular flexibility index (Phi) is 2.82. The van der Waals surface area contributed by atoms with Crippen LogP contribution in [0.3, 0.4) is 0 Å². The first-order chi connectivity index (χ1) is 10.6. The van der Waals surface area contributed by atoms with Crippen LogP contribution in [0.2, 0.25) is 0 Å². The average Bonchev–Trinajstić information content (AvgIpc) is 3.13. The zero-order valence-corrected chi connectivity index (χ0v) is 12.3.